The summed E-state index contributed by atoms with van der Waals surface area (Å²) < 4.78 is 0. The van der Waals surface area contributed by atoms with Gasteiger partial charge in [-0.1, -0.05) is 18.2 Å². The summed E-state index contributed by atoms with van der Waals surface area (Å²) in [5, 5.41) is 9.98. The van der Waals surface area contributed by atoms with Gasteiger partial charge in [-0.05, 0) is 25.3 Å². The van der Waals surface area contributed by atoms with Crippen molar-refractivity contribution in [3.05, 3.63) is 35.5 Å². The number of rotatable bonds is 3. The van der Waals surface area contributed by atoms with Gasteiger partial charge in [0.15, 0.2) is 0 Å². The van der Waals surface area contributed by atoms with E-state index in [4.69, 9.17) is 15.8 Å². The molecule has 3 rings (SSSR count). The Morgan fingerprint density at radius 2 is 2.19 bits per heavy atom. The summed E-state index contributed by atoms with van der Waals surface area (Å²) in [5.41, 5.74) is 10.1. The van der Waals surface area contributed by atoms with Gasteiger partial charge in [0.2, 0.25) is 0 Å². The second-order valence-electron chi connectivity index (χ2n) is 4.99. The number of nitrogen functional groups attached to an aromatic ring is 1. The number of nitrogens with two attached hydrogens (primary N) is 1. The number of fused-ring (bicyclic) bond motifs is 2. The highest BCUT2D eigenvalue weighted by molar-refractivity contribution is 8.00. The van der Waals surface area contributed by atoms with Gasteiger partial charge in [0.05, 0.1) is 11.3 Å². The van der Waals surface area contributed by atoms with Crippen LogP contribution in [0.1, 0.15) is 29.3 Å². The summed E-state index contributed by atoms with van der Waals surface area (Å²) in [6, 6.07) is 7.86. The lowest BCUT2D eigenvalue weighted by molar-refractivity contribution is -0.133. The first-order chi connectivity index (χ1) is 9.66. The van der Waals surface area contributed by atoms with Crippen molar-refractivity contribution in [1.29, 1.82) is 0 Å². The largest absolute Gasteiger partial charge is 0.481 e. The third-order valence-corrected chi connectivity index (χ3v) is 4.95. The molecule has 1 aliphatic rings. The van der Waals surface area contributed by atoms with E-state index in [1.807, 2.05) is 24.3 Å². The summed E-state index contributed by atoms with van der Waals surface area (Å²) >= 11 is 1.45. The number of hydrogen-bond donors (Lipinski definition) is 2. The molecule has 1 aromatic heterocycles. The molecule has 1 aliphatic carbocycles. The van der Waals surface area contributed by atoms with E-state index in [2.05, 4.69) is 0 Å². The molecule has 0 saturated carbocycles. The predicted octanol–water partition coefficient (Wildman–Crippen LogP) is 3.43. The molecular weight excluding hydrogens is 308 g/mol. The Hall–Kier alpha value is -1.46. The lowest BCUT2D eigenvalue weighted by atomic mass is 9.92. The fraction of sp³-hybridized carbons (Fsp3) is 0.333. The molecular formula is C15H17ClN2O2S. The van der Waals surface area contributed by atoms with E-state index in [0.29, 0.717) is 0 Å². The van der Waals surface area contributed by atoms with Crippen molar-refractivity contribution < 1.29 is 9.90 Å². The van der Waals surface area contributed by atoms with Crippen LogP contribution in [0.15, 0.2) is 24.3 Å². The monoisotopic (exact) mass is 324 g/mol. The standard InChI is InChI=1S/C15H16N2O2S.ClH/c16-15-9-4-1-2-5-10(9)17-11-6-3-7-12(14(11)15)20-8-13(18)19;/h1-2,4-5,12H,3,6-8H2,(H2,16,17)(H,18,19);1H. The zero-order valence-electron chi connectivity index (χ0n) is 11.4. The Morgan fingerprint density at radius 3 is 2.95 bits per heavy atom. The third-order valence-electron chi connectivity index (χ3n) is 3.66. The highest BCUT2D eigenvalue weighted by Gasteiger charge is 2.26. The van der Waals surface area contributed by atoms with Gasteiger partial charge in [-0.15, -0.1) is 24.2 Å². The predicted molar refractivity (Wildman–Crippen MR) is 89.2 cm³/mol. The number of carbonyl (C=O) groups is 1. The lowest BCUT2D eigenvalue weighted by Gasteiger charge is -2.26. The quantitative estimate of drug-likeness (QED) is 0.904. The van der Waals surface area contributed by atoms with E-state index in [9.17, 15) is 4.79 Å². The molecule has 1 atom stereocenters. The fourth-order valence-corrected chi connectivity index (χ4v) is 3.90. The number of thioether (sulfide) groups is 1. The molecule has 0 saturated heterocycles. The maximum absolute atomic E-state index is 10.8. The van der Waals surface area contributed by atoms with Crippen molar-refractivity contribution in [3.63, 3.8) is 0 Å². The topological polar surface area (TPSA) is 76.2 Å². The Kier molecular flexibility index (Phi) is 4.96. The number of halogens is 1. The summed E-state index contributed by atoms with van der Waals surface area (Å²) in [4.78, 5) is 15.5. The number of benzene rings is 1. The Labute approximate surface area is 133 Å². The first-order valence-corrected chi connectivity index (χ1v) is 7.72. The third kappa shape index (κ3) is 3.09. The van der Waals surface area contributed by atoms with Crippen LogP contribution in [0, 0.1) is 0 Å². The van der Waals surface area contributed by atoms with Crippen molar-refractivity contribution in [2.45, 2.75) is 24.5 Å². The van der Waals surface area contributed by atoms with Crippen molar-refractivity contribution in [1.82, 2.24) is 4.98 Å². The minimum absolute atomic E-state index is 0. The van der Waals surface area contributed by atoms with Crippen LogP contribution in [0.3, 0.4) is 0 Å². The first-order valence-electron chi connectivity index (χ1n) is 6.67. The molecule has 0 amide bonds. The van der Waals surface area contributed by atoms with Gasteiger partial charge in [0.1, 0.15) is 0 Å². The number of carboxylic acids is 1. The molecule has 112 valence electrons. The van der Waals surface area contributed by atoms with E-state index >= 15 is 0 Å². The number of aryl methyl sites for hydroxylation is 1. The number of nitrogens with zero attached hydrogens (tertiary/aromatic N) is 1. The fourth-order valence-electron chi connectivity index (χ4n) is 2.79. The molecule has 0 fully saturated rings. The van der Waals surface area contributed by atoms with Crippen LogP contribution >= 0.6 is 24.2 Å². The molecule has 0 aliphatic heterocycles. The number of aliphatic carboxylic acids is 1. The van der Waals surface area contributed by atoms with Crippen molar-refractivity contribution in [2.24, 2.45) is 0 Å². The van der Waals surface area contributed by atoms with Crippen LogP contribution in [-0.4, -0.2) is 21.8 Å². The minimum atomic E-state index is -0.783. The van der Waals surface area contributed by atoms with E-state index in [0.717, 1.165) is 47.1 Å². The number of carboxylic acid groups (broad SMARTS) is 1. The molecule has 3 N–H and O–H groups in total. The van der Waals surface area contributed by atoms with Gasteiger partial charge in [-0.25, -0.2) is 0 Å². The molecule has 1 aromatic carbocycles. The van der Waals surface area contributed by atoms with E-state index < -0.39 is 5.97 Å². The Balaban J connectivity index is 0.00000161. The van der Waals surface area contributed by atoms with Crippen LogP contribution in [0.25, 0.3) is 10.9 Å². The van der Waals surface area contributed by atoms with Gasteiger partial charge in [0, 0.05) is 27.6 Å². The average molecular weight is 325 g/mol. The molecule has 0 radical (unpaired) electrons. The molecule has 1 heterocycles. The van der Waals surface area contributed by atoms with Crippen LogP contribution in [0.4, 0.5) is 5.69 Å². The van der Waals surface area contributed by atoms with E-state index in [1.165, 1.54) is 11.8 Å². The number of pyridine rings is 1. The SMILES string of the molecule is Cl.Nc1c2c(nc3ccccc13)CCCC2SCC(=O)O. The average Bonchev–Trinajstić information content (AvgIpc) is 2.45. The molecule has 6 heteroatoms. The second kappa shape index (κ2) is 6.54. The number of aromatic nitrogens is 1. The van der Waals surface area contributed by atoms with Crippen molar-refractivity contribution in [3.8, 4) is 0 Å². The molecule has 4 nitrogen and oxygen atoms in total. The molecule has 2 aromatic rings. The van der Waals surface area contributed by atoms with Gasteiger partial charge in [-0.2, -0.15) is 0 Å². The number of anilines is 1. The molecule has 0 spiro atoms. The lowest BCUT2D eigenvalue weighted by Crippen LogP contribution is -2.14. The second-order valence-corrected chi connectivity index (χ2v) is 6.18. The maximum Gasteiger partial charge on any atom is 0.313 e. The summed E-state index contributed by atoms with van der Waals surface area (Å²) in [5.74, 6) is -0.675. The molecule has 21 heavy (non-hydrogen) atoms. The normalized spacial score (nSPS) is 17.0. The number of para-hydroxylation sites is 1. The molecule has 1 unspecified atom stereocenters. The minimum Gasteiger partial charge on any atom is -0.481 e. The van der Waals surface area contributed by atoms with Crippen LogP contribution in [-0.2, 0) is 11.2 Å². The van der Waals surface area contributed by atoms with Crippen LogP contribution < -0.4 is 5.73 Å². The van der Waals surface area contributed by atoms with Crippen molar-refractivity contribution in [2.75, 3.05) is 11.5 Å². The summed E-state index contributed by atoms with van der Waals surface area (Å²) in [6.07, 6.45) is 2.93. The van der Waals surface area contributed by atoms with Gasteiger partial charge < -0.3 is 10.8 Å². The zero-order chi connectivity index (χ0) is 14.1. The van der Waals surface area contributed by atoms with E-state index in [1.54, 1.807) is 0 Å². The maximum atomic E-state index is 10.8. The molecule has 0 bridgehead atoms. The van der Waals surface area contributed by atoms with Gasteiger partial charge >= 0.3 is 5.97 Å². The highest BCUT2D eigenvalue weighted by atomic mass is 35.5. The van der Waals surface area contributed by atoms with E-state index in [-0.39, 0.29) is 23.4 Å². The van der Waals surface area contributed by atoms with Crippen LogP contribution in [0.2, 0.25) is 0 Å². The first kappa shape index (κ1) is 15.9. The van der Waals surface area contributed by atoms with Gasteiger partial charge in [-0.3, -0.25) is 9.78 Å². The van der Waals surface area contributed by atoms with Crippen LogP contribution in [0.5, 0.6) is 0 Å². The highest BCUT2D eigenvalue weighted by Crippen LogP contribution is 2.43. The smallest absolute Gasteiger partial charge is 0.313 e. The van der Waals surface area contributed by atoms with Gasteiger partial charge in [0.25, 0.3) is 0 Å². The Bertz CT molecular complexity index is 678. The van der Waals surface area contributed by atoms with Crippen molar-refractivity contribution >= 4 is 46.7 Å². The summed E-state index contributed by atoms with van der Waals surface area (Å²) in [6.45, 7) is 0. The number of hydrogen-bond acceptors (Lipinski definition) is 4. The zero-order valence-corrected chi connectivity index (χ0v) is 13.0. The summed E-state index contributed by atoms with van der Waals surface area (Å²) in [7, 11) is 0. The Morgan fingerprint density at radius 1 is 1.43 bits per heavy atom.